The lowest BCUT2D eigenvalue weighted by atomic mass is 9.80. The molecule has 2 atom stereocenters. The third kappa shape index (κ3) is 1.60. The van der Waals surface area contributed by atoms with Gasteiger partial charge in [-0.25, -0.2) is 0 Å². The predicted octanol–water partition coefficient (Wildman–Crippen LogP) is 1.10. The number of hydrogen-bond acceptors (Lipinski definition) is 3. The van der Waals surface area contributed by atoms with Crippen LogP contribution in [0.25, 0.3) is 0 Å². The van der Waals surface area contributed by atoms with E-state index in [4.69, 9.17) is 14.7 Å². The summed E-state index contributed by atoms with van der Waals surface area (Å²) in [6.07, 6.45) is 3.19. The Kier molecular flexibility index (Phi) is 2.03. The molecule has 0 saturated carbocycles. The van der Waals surface area contributed by atoms with Gasteiger partial charge in [-0.3, -0.25) is 0 Å². The Bertz CT molecular complexity index is 199. The molecule has 2 aliphatic rings. The molecule has 2 fully saturated rings. The molecule has 3 nitrogen and oxygen atoms in total. The first-order valence-electron chi connectivity index (χ1n) is 4.45. The average molecular weight is 167 g/mol. The van der Waals surface area contributed by atoms with Crippen LogP contribution in [0.4, 0.5) is 0 Å². The summed E-state index contributed by atoms with van der Waals surface area (Å²) >= 11 is 0. The van der Waals surface area contributed by atoms with Crippen molar-refractivity contribution in [1.82, 2.24) is 0 Å². The van der Waals surface area contributed by atoms with Crippen LogP contribution in [0.2, 0.25) is 0 Å². The number of epoxide rings is 1. The van der Waals surface area contributed by atoms with E-state index in [-0.39, 0.29) is 5.41 Å². The molecule has 0 amide bonds. The summed E-state index contributed by atoms with van der Waals surface area (Å²) < 4.78 is 10.5. The third-order valence-corrected chi connectivity index (χ3v) is 2.58. The van der Waals surface area contributed by atoms with Crippen LogP contribution in [0.1, 0.15) is 19.3 Å². The quantitative estimate of drug-likeness (QED) is 0.578. The molecule has 66 valence electrons. The summed E-state index contributed by atoms with van der Waals surface area (Å²) in [7, 11) is 0. The largest absolute Gasteiger partial charge is 0.380 e. The van der Waals surface area contributed by atoms with Crippen LogP contribution in [0.3, 0.4) is 0 Å². The van der Waals surface area contributed by atoms with E-state index in [1.165, 1.54) is 0 Å². The van der Waals surface area contributed by atoms with E-state index in [1.807, 2.05) is 0 Å². The van der Waals surface area contributed by atoms with E-state index in [1.54, 1.807) is 0 Å². The van der Waals surface area contributed by atoms with Gasteiger partial charge in [0.15, 0.2) is 0 Å². The Morgan fingerprint density at radius 1 is 1.58 bits per heavy atom. The van der Waals surface area contributed by atoms with Crippen LogP contribution in [-0.2, 0) is 9.47 Å². The third-order valence-electron chi connectivity index (χ3n) is 2.58. The Balaban J connectivity index is 1.96. The first-order chi connectivity index (χ1) is 5.85. The summed E-state index contributed by atoms with van der Waals surface area (Å²) in [5.74, 6) is 0. The fourth-order valence-corrected chi connectivity index (χ4v) is 1.77. The summed E-state index contributed by atoms with van der Waals surface area (Å²) in [5.41, 5.74) is -0.237. The molecule has 0 aromatic rings. The van der Waals surface area contributed by atoms with Crippen molar-refractivity contribution in [1.29, 1.82) is 5.26 Å². The van der Waals surface area contributed by atoms with Gasteiger partial charge in [-0.15, -0.1) is 0 Å². The zero-order valence-corrected chi connectivity index (χ0v) is 7.08. The van der Waals surface area contributed by atoms with Gasteiger partial charge in [0.25, 0.3) is 0 Å². The molecule has 2 heterocycles. The summed E-state index contributed by atoms with van der Waals surface area (Å²) in [6, 6.07) is 2.38. The molecule has 12 heavy (non-hydrogen) atoms. The first-order valence-corrected chi connectivity index (χ1v) is 4.45. The smallest absolute Gasteiger partial charge is 0.0833 e. The predicted molar refractivity (Wildman–Crippen MR) is 42.5 cm³/mol. The van der Waals surface area contributed by atoms with Gasteiger partial charge in [0.2, 0.25) is 0 Å². The molecule has 0 unspecified atom stereocenters. The van der Waals surface area contributed by atoms with E-state index in [9.17, 15) is 0 Å². The molecule has 3 heteroatoms. The lowest BCUT2D eigenvalue weighted by Gasteiger charge is -2.29. The van der Waals surface area contributed by atoms with E-state index < -0.39 is 0 Å². The number of nitrogens with zero attached hydrogens (tertiary/aromatic N) is 1. The first kappa shape index (κ1) is 8.03. The molecule has 0 spiro atoms. The van der Waals surface area contributed by atoms with Crippen molar-refractivity contribution in [3.05, 3.63) is 0 Å². The molecule has 0 radical (unpaired) electrons. The maximum absolute atomic E-state index is 9.03. The van der Waals surface area contributed by atoms with E-state index in [0.717, 1.165) is 32.5 Å². The topological polar surface area (TPSA) is 45.5 Å². The molecule has 2 saturated heterocycles. The molecule has 0 aromatic heterocycles. The lowest BCUT2D eigenvalue weighted by molar-refractivity contribution is 0.0147. The second kappa shape index (κ2) is 3.04. The molecular weight excluding hydrogens is 154 g/mol. The van der Waals surface area contributed by atoms with Gasteiger partial charge >= 0.3 is 0 Å². The van der Waals surface area contributed by atoms with Gasteiger partial charge in [0, 0.05) is 6.61 Å². The standard InChI is InChI=1S/C9H13NO2/c10-6-9(4-8-5-12-8)2-1-3-11-7-9/h8H,1-5,7H2/t8-,9+/m0/s1. The fourth-order valence-electron chi connectivity index (χ4n) is 1.77. The Labute approximate surface area is 72.3 Å². The highest BCUT2D eigenvalue weighted by molar-refractivity contribution is 5.03. The van der Waals surface area contributed by atoms with Crippen molar-refractivity contribution >= 4 is 0 Å². The van der Waals surface area contributed by atoms with Gasteiger partial charge in [0.05, 0.1) is 30.8 Å². The van der Waals surface area contributed by atoms with Gasteiger partial charge in [-0.2, -0.15) is 5.26 Å². The van der Waals surface area contributed by atoms with Crippen molar-refractivity contribution < 1.29 is 9.47 Å². The number of nitriles is 1. The SMILES string of the molecule is N#C[C@]1(C[C@H]2CO2)CCCOC1. The minimum absolute atomic E-state index is 0.237. The summed E-state index contributed by atoms with van der Waals surface area (Å²) in [5, 5.41) is 9.03. The monoisotopic (exact) mass is 167 g/mol. The highest BCUT2D eigenvalue weighted by atomic mass is 16.6. The zero-order valence-electron chi connectivity index (χ0n) is 7.08. The zero-order chi connectivity index (χ0) is 8.44. The maximum atomic E-state index is 9.03. The molecule has 0 N–H and O–H groups in total. The molecular formula is C9H13NO2. The number of hydrogen-bond donors (Lipinski definition) is 0. The second-order valence-corrected chi connectivity index (χ2v) is 3.71. The second-order valence-electron chi connectivity index (χ2n) is 3.71. The van der Waals surface area contributed by atoms with E-state index >= 15 is 0 Å². The van der Waals surface area contributed by atoms with Crippen molar-refractivity contribution in [2.45, 2.75) is 25.4 Å². The highest BCUT2D eigenvalue weighted by Crippen LogP contribution is 2.36. The van der Waals surface area contributed by atoms with E-state index in [2.05, 4.69) is 6.07 Å². The highest BCUT2D eigenvalue weighted by Gasteiger charge is 2.39. The van der Waals surface area contributed by atoms with Crippen LogP contribution in [0.15, 0.2) is 0 Å². The van der Waals surface area contributed by atoms with Crippen LogP contribution in [-0.4, -0.2) is 25.9 Å². The molecule has 0 bridgehead atoms. The Morgan fingerprint density at radius 2 is 2.42 bits per heavy atom. The molecule has 2 aliphatic heterocycles. The number of rotatable bonds is 2. The van der Waals surface area contributed by atoms with Gasteiger partial charge in [-0.1, -0.05) is 0 Å². The minimum atomic E-state index is -0.237. The van der Waals surface area contributed by atoms with Crippen LogP contribution >= 0.6 is 0 Å². The Hall–Kier alpha value is -0.590. The summed E-state index contributed by atoms with van der Waals surface area (Å²) in [6.45, 7) is 2.25. The Morgan fingerprint density at radius 3 is 2.92 bits per heavy atom. The van der Waals surface area contributed by atoms with Crippen molar-refractivity contribution in [3.8, 4) is 6.07 Å². The average Bonchev–Trinajstić information content (AvgIpc) is 2.90. The normalized spacial score (nSPS) is 40.4. The van der Waals surface area contributed by atoms with Gasteiger partial charge in [0.1, 0.15) is 0 Å². The molecule has 0 aromatic carbocycles. The van der Waals surface area contributed by atoms with Gasteiger partial charge < -0.3 is 9.47 Å². The maximum Gasteiger partial charge on any atom is 0.0833 e. The fraction of sp³-hybridized carbons (Fsp3) is 0.889. The number of ether oxygens (including phenoxy) is 2. The van der Waals surface area contributed by atoms with Crippen LogP contribution in [0.5, 0.6) is 0 Å². The van der Waals surface area contributed by atoms with Crippen LogP contribution < -0.4 is 0 Å². The van der Waals surface area contributed by atoms with Gasteiger partial charge in [-0.05, 0) is 19.3 Å². The minimum Gasteiger partial charge on any atom is -0.380 e. The molecule has 0 aliphatic carbocycles. The summed E-state index contributed by atoms with van der Waals surface area (Å²) in [4.78, 5) is 0. The van der Waals surface area contributed by atoms with E-state index in [0.29, 0.717) is 12.7 Å². The van der Waals surface area contributed by atoms with Crippen molar-refractivity contribution in [2.75, 3.05) is 19.8 Å². The van der Waals surface area contributed by atoms with Crippen LogP contribution in [0, 0.1) is 16.7 Å². The van der Waals surface area contributed by atoms with Crippen molar-refractivity contribution in [2.24, 2.45) is 5.41 Å². The molecule has 2 rings (SSSR count). The van der Waals surface area contributed by atoms with Crippen molar-refractivity contribution in [3.63, 3.8) is 0 Å². The lowest BCUT2D eigenvalue weighted by Crippen LogP contribution is -2.31.